The first kappa shape index (κ1) is 26.5. The molecule has 1 aromatic heterocycles. The number of nitrogens with one attached hydrogen (secondary N) is 1. The average molecular weight is 520 g/mol. The van der Waals surface area contributed by atoms with Gasteiger partial charge in [-0.15, -0.1) is 0 Å². The lowest BCUT2D eigenvalue weighted by atomic mass is 10.1. The zero-order chi connectivity index (χ0) is 26.7. The number of ether oxygens (including phenoxy) is 1. The van der Waals surface area contributed by atoms with Crippen molar-refractivity contribution in [1.82, 2.24) is 14.9 Å². The summed E-state index contributed by atoms with van der Waals surface area (Å²) in [5.74, 6) is 2.18. The van der Waals surface area contributed by atoms with Crippen LogP contribution >= 0.6 is 0 Å². The average Bonchev–Trinajstić information content (AvgIpc) is 3.33. The van der Waals surface area contributed by atoms with E-state index in [4.69, 9.17) is 9.72 Å². The molecule has 5 heteroatoms. The quantitative estimate of drug-likeness (QED) is 0.159. The number of rotatable bonds is 14. The molecule has 0 atom stereocenters. The van der Waals surface area contributed by atoms with E-state index in [-0.39, 0.29) is 5.91 Å². The van der Waals surface area contributed by atoms with Crippen LogP contribution in [0.4, 0.5) is 0 Å². The Morgan fingerprint density at radius 3 is 2.46 bits per heavy atom. The summed E-state index contributed by atoms with van der Waals surface area (Å²) in [5.41, 5.74) is 3.44. The van der Waals surface area contributed by atoms with E-state index in [1.165, 1.54) is 21.9 Å². The SMILES string of the molecule is O=C(CCc1ccccc1)NCCCCCc1nc2ccccc2n1CCCOc1ccc2ccccc2c1. The zero-order valence-electron chi connectivity index (χ0n) is 22.5. The van der Waals surface area contributed by atoms with Crippen LogP contribution in [0.2, 0.25) is 0 Å². The molecule has 0 aliphatic rings. The number of imidazole rings is 1. The molecule has 0 saturated carbocycles. The van der Waals surface area contributed by atoms with Crippen molar-refractivity contribution in [1.29, 1.82) is 0 Å². The minimum absolute atomic E-state index is 0.131. The number of aryl methyl sites for hydroxylation is 3. The van der Waals surface area contributed by atoms with Crippen LogP contribution in [0.1, 0.15) is 43.5 Å². The van der Waals surface area contributed by atoms with E-state index in [1.807, 2.05) is 30.3 Å². The summed E-state index contributed by atoms with van der Waals surface area (Å²) in [4.78, 5) is 17.1. The van der Waals surface area contributed by atoms with Crippen molar-refractivity contribution in [2.45, 2.75) is 51.5 Å². The molecule has 39 heavy (non-hydrogen) atoms. The molecular weight excluding hydrogens is 482 g/mol. The molecule has 1 heterocycles. The van der Waals surface area contributed by atoms with Gasteiger partial charge in [0.2, 0.25) is 5.91 Å². The highest BCUT2D eigenvalue weighted by atomic mass is 16.5. The molecule has 200 valence electrons. The molecule has 0 unspecified atom stereocenters. The highest BCUT2D eigenvalue weighted by Crippen LogP contribution is 2.22. The number of benzene rings is 4. The maximum absolute atomic E-state index is 12.2. The first-order valence-corrected chi connectivity index (χ1v) is 14.1. The topological polar surface area (TPSA) is 56.2 Å². The second-order valence-electron chi connectivity index (χ2n) is 10.0. The number of amides is 1. The van der Waals surface area contributed by atoms with Gasteiger partial charge in [0.1, 0.15) is 11.6 Å². The van der Waals surface area contributed by atoms with Crippen molar-refractivity contribution in [2.24, 2.45) is 0 Å². The molecule has 0 fully saturated rings. The molecule has 0 saturated heterocycles. The first-order valence-electron chi connectivity index (χ1n) is 14.1. The summed E-state index contributed by atoms with van der Waals surface area (Å²) in [6, 6.07) is 33.2. The van der Waals surface area contributed by atoms with Gasteiger partial charge in [-0.3, -0.25) is 4.79 Å². The van der Waals surface area contributed by atoms with E-state index >= 15 is 0 Å². The standard InChI is InChI=1S/C34H37N3O2/c38-34(22-19-27-12-3-1-4-13-27)35-23-10-2-5-18-33-36-31-16-8-9-17-32(31)37(33)24-11-25-39-30-21-20-28-14-6-7-15-29(28)26-30/h1,3-4,6-9,12-17,20-21,26H,2,5,10-11,18-19,22-25H2,(H,35,38). The normalized spacial score (nSPS) is 11.2. The molecule has 0 radical (unpaired) electrons. The monoisotopic (exact) mass is 519 g/mol. The number of unbranched alkanes of at least 4 members (excludes halogenated alkanes) is 2. The van der Waals surface area contributed by atoms with Crippen LogP contribution in [0.15, 0.2) is 97.1 Å². The van der Waals surface area contributed by atoms with Gasteiger partial charge in [0.05, 0.1) is 17.6 Å². The Labute approximate surface area is 230 Å². The van der Waals surface area contributed by atoms with Gasteiger partial charge in [-0.05, 0) is 66.3 Å². The van der Waals surface area contributed by atoms with Crippen LogP contribution in [0, 0.1) is 0 Å². The summed E-state index contributed by atoms with van der Waals surface area (Å²) >= 11 is 0. The summed E-state index contributed by atoms with van der Waals surface area (Å²) < 4.78 is 8.43. The van der Waals surface area contributed by atoms with Crippen LogP contribution in [0.5, 0.6) is 5.75 Å². The third-order valence-electron chi connectivity index (χ3n) is 7.13. The van der Waals surface area contributed by atoms with E-state index in [9.17, 15) is 4.79 Å². The molecular formula is C34H37N3O2. The number of nitrogens with zero attached hydrogens (tertiary/aromatic N) is 2. The summed E-state index contributed by atoms with van der Waals surface area (Å²) in [5, 5.41) is 5.49. The first-order chi connectivity index (χ1) is 19.3. The largest absolute Gasteiger partial charge is 0.494 e. The molecule has 0 aliphatic carbocycles. The number of hydrogen-bond acceptors (Lipinski definition) is 3. The van der Waals surface area contributed by atoms with Crippen molar-refractivity contribution in [3.8, 4) is 5.75 Å². The van der Waals surface area contributed by atoms with Crippen molar-refractivity contribution >= 4 is 27.7 Å². The fourth-order valence-corrected chi connectivity index (χ4v) is 5.04. The van der Waals surface area contributed by atoms with E-state index in [2.05, 4.69) is 76.6 Å². The molecule has 1 amide bonds. The van der Waals surface area contributed by atoms with Crippen molar-refractivity contribution in [3.05, 3.63) is 108 Å². The van der Waals surface area contributed by atoms with Gasteiger partial charge in [-0.2, -0.15) is 0 Å². The van der Waals surface area contributed by atoms with Crippen molar-refractivity contribution in [2.75, 3.05) is 13.2 Å². The smallest absolute Gasteiger partial charge is 0.220 e. The van der Waals surface area contributed by atoms with E-state index in [1.54, 1.807) is 0 Å². The molecule has 0 bridgehead atoms. The number of carbonyl (C=O) groups excluding carboxylic acids is 1. The van der Waals surface area contributed by atoms with E-state index in [0.29, 0.717) is 13.0 Å². The number of hydrogen-bond donors (Lipinski definition) is 1. The van der Waals surface area contributed by atoms with E-state index in [0.717, 1.165) is 68.7 Å². The third-order valence-corrected chi connectivity index (χ3v) is 7.13. The van der Waals surface area contributed by atoms with Gasteiger partial charge in [-0.1, -0.05) is 79.2 Å². The fourth-order valence-electron chi connectivity index (χ4n) is 5.04. The minimum Gasteiger partial charge on any atom is -0.494 e. The maximum atomic E-state index is 12.2. The summed E-state index contributed by atoms with van der Waals surface area (Å²) in [6.07, 6.45) is 6.27. The molecule has 0 aliphatic heterocycles. The van der Waals surface area contributed by atoms with Crippen LogP contribution in [0.25, 0.3) is 21.8 Å². The Morgan fingerprint density at radius 1 is 0.769 bits per heavy atom. The predicted octanol–water partition coefficient (Wildman–Crippen LogP) is 7.12. The lowest BCUT2D eigenvalue weighted by Gasteiger charge is -2.11. The molecule has 1 N–H and O–H groups in total. The Bertz CT molecular complexity index is 1490. The highest BCUT2D eigenvalue weighted by molar-refractivity contribution is 5.83. The van der Waals surface area contributed by atoms with Crippen LogP contribution < -0.4 is 10.1 Å². The molecule has 0 spiro atoms. The Kier molecular flexibility index (Phi) is 9.24. The van der Waals surface area contributed by atoms with Gasteiger partial charge >= 0.3 is 0 Å². The van der Waals surface area contributed by atoms with Crippen LogP contribution in [-0.4, -0.2) is 28.6 Å². The van der Waals surface area contributed by atoms with Crippen molar-refractivity contribution < 1.29 is 9.53 Å². The van der Waals surface area contributed by atoms with Gasteiger partial charge in [-0.25, -0.2) is 4.98 Å². The van der Waals surface area contributed by atoms with Crippen molar-refractivity contribution in [3.63, 3.8) is 0 Å². The number of para-hydroxylation sites is 2. The maximum Gasteiger partial charge on any atom is 0.220 e. The van der Waals surface area contributed by atoms with Gasteiger partial charge in [0, 0.05) is 25.9 Å². The van der Waals surface area contributed by atoms with Gasteiger partial charge < -0.3 is 14.6 Å². The fraction of sp³-hybridized carbons (Fsp3) is 0.294. The number of aromatic nitrogens is 2. The Hall–Kier alpha value is -4.12. The Balaban J connectivity index is 1.06. The van der Waals surface area contributed by atoms with Crippen LogP contribution in [0.3, 0.4) is 0 Å². The lowest BCUT2D eigenvalue weighted by Crippen LogP contribution is -2.24. The molecule has 4 aromatic carbocycles. The second kappa shape index (κ2) is 13.6. The van der Waals surface area contributed by atoms with E-state index < -0.39 is 0 Å². The number of fused-ring (bicyclic) bond motifs is 2. The zero-order valence-corrected chi connectivity index (χ0v) is 22.5. The van der Waals surface area contributed by atoms with Gasteiger partial charge in [0.25, 0.3) is 0 Å². The molecule has 5 rings (SSSR count). The third kappa shape index (κ3) is 7.47. The summed E-state index contributed by atoms with van der Waals surface area (Å²) in [7, 11) is 0. The lowest BCUT2D eigenvalue weighted by molar-refractivity contribution is -0.121. The number of carbonyl (C=O) groups is 1. The molecule has 5 nitrogen and oxygen atoms in total. The highest BCUT2D eigenvalue weighted by Gasteiger charge is 2.10. The molecule has 5 aromatic rings. The second-order valence-corrected chi connectivity index (χ2v) is 10.0. The minimum atomic E-state index is 0.131. The van der Waals surface area contributed by atoms with Gasteiger partial charge in [0.15, 0.2) is 0 Å². The predicted molar refractivity (Wildman–Crippen MR) is 159 cm³/mol. The summed E-state index contributed by atoms with van der Waals surface area (Å²) in [6.45, 7) is 2.27. The van der Waals surface area contributed by atoms with Crippen LogP contribution in [-0.2, 0) is 24.2 Å². The Morgan fingerprint density at radius 2 is 1.56 bits per heavy atom.